The Morgan fingerprint density at radius 1 is 0.836 bits per heavy atom. The van der Waals surface area contributed by atoms with Gasteiger partial charge in [-0.3, -0.25) is 34.2 Å². The number of likely N-dealkylation sites (tertiary alicyclic amines) is 1. The predicted octanol–water partition coefficient (Wildman–Crippen LogP) is 4.66. The first kappa shape index (κ1) is 40.4. The van der Waals surface area contributed by atoms with E-state index >= 15 is 0 Å². The van der Waals surface area contributed by atoms with Crippen LogP contribution >= 0.6 is 0 Å². The van der Waals surface area contributed by atoms with Crippen molar-refractivity contribution in [1.82, 2.24) is 20.1 Å². The van der Waals surface area contributed by atoms with E-state index in [1.54, 1.807) is 24.4 Å². The SMILES string of the molecule is N#Cc1ccc(N2CCC(C(=O)Nc3ccc(N4CC5(CCN(C[C@H]6CCN(c7ccc8c(c7)C(=O)N(C7CCC(=O)NC7=O)C8=O)C6)CC5)C4)cn3)CC2)cc1C(F)(F)F. The van der Waals surface area contributed by atoms with Gasteiger partial charge in [-0.25, -0.2) is 4.98 Å². The number of nitrogens with one attached hydrogen (secondary N) is 2. The normalized spacial score (nSPS) is 23.2. The number of alkyl halides is 3. The Morgan fingerprint density at radius 3 is 2.21 bits per heavy atom. The molecular weight excluding hydrogens is 792 g/mol. The molecule has 9 rings (SSSR count). The molecule has 1 unspecified atom stereocenters. The van der Waals surface area contributed by atoms with Gasteiger partial charge in [0.25, 0.3) is 11.8 Å². The minimum absolute atomic E-state index is 0.0818. The van der Waals surface area contributed by atoms with Crippen molar-refractivity contribution in [1.29, 1.82) is 5.26 Å². The van der Waals surface area contributed by atoms with E-state index in [4.69, 9.17) is 5.26 Å². The number of hydrogen-bond acceptors (Lipinski definition) is 11. The Morgan fingerprint density at radius 2 is 1.52 bits per heavy atom. The number of nitriles is 1. The van der Waals surface area contributed by atoms with Crippen LogP contribution in [0.4, 0.5) is 36.1 Å². The number of pyridine rings is 1. The number of halogens is 3. The summed E-state index contributed by atoms with van der Waals surface area (Å²) in [4.78, 5) is 78.2. The topological polar surface area (TPSA) is 162 Å². The van der Waals surface area contributed by atoms with Crippen molar-refractivity contribution in [2.75, 3.05) is 78.9 Å². The van der Waals surface area contributed by atoms with Gasteiger partial charge in [0.05, 0.1) is 40.2 Å². The van der Waals surface area contributed by atoms with Crippen LogP contribution in [0.25, 0.3) is 0 Å². The molecule has 5 saturated heterocycles. The fourth-order valence-corrected chi connectivity index (χ4v) is 10.0. The van der Waals surface area contributed by atoms with Gasteiger partial charge in [0.2, 0.25) is 17.7 Å². The van der Waals surface area contributed by atoms with Crippen LogP contribution in [0.1, 0.15) is 76.8 Å². The lowest BCUT2D eigenvalue weighted by atomic mass is 9.71. The van der Waals surface area contributed by atoms with Crippen LogP contribution in [0.2, 0.25) is 0 Å². The van der Waals surface area contributed by atoms with Crippen LogP contribution in [-0.2, 0) is 20.6 Å². The van der Waals surface area contributed by atoms with E-state index in [-0.39, 0.29) is 35.6 Å². The van der Waals surface area contributed by atoms with E-state index in [0.29, 0.717) is 48.9 Å². The summed E-state index contributed by atoms with van der Waals surface area (Å²) in [6, 6.07) is 13.5. The number of benzene rings is 2. The molecule has 318 valence electrons. The standard InChI is InChI=1S/C44H46F3N9O5/c45-44(46,47)35-20-31(2-1-29(35)21-48)53-15-10-28(11-16-53)39(58)50-37-7-4-32(22-49-37)55-25-43(26-55)12-17-52(18-13-43)23-27-9-14-54(24-27)30-3-5-33-34(19-30)42(61)56(41(33)60)36-6-8-38(57)51-40(36)59/h1-5,7,19-20,22,27-28,36H,6,8-18,23-26H2,(H,49,50,58)(H,51,57,59)/t27-,36?/m1/s1. The molecule has 5 amide bonds. The number of anilines is 4. The molecule has 3 aromatic rings. The zero-order chi connectivity index (χ0) is 42.6. The first-order valence-corrected chi connectivity index (χ1v) is 21.0. The van der Waals surface area contributed by atoms with Crippen molar-refractivity contribution in [3.8, 4) is 6.07 Å². The lowest BCUT2D eigenvalue weighted by Gasteiger charge is -2.55. The highest BCUT2D eigenvalue weighted by atomic mass is 19.4. The van der Waals surface area contributed by atoms with Gasteiger partial charge < -0.3 is 24.9 Å². The van der Waals surface area contributed by atoms with Gasteiger partial charge in [-0.2, -0.15) is 18.4 Å². The highest BCUT2D eigenvalue weighted by Gasteiger charge is 2.47. The molecule has 0 saturated carbocycles. The predicted molar refractivity (Wildman–Crippen MR) is 218 cm³/mol. The number of carbonyl (C=O) groups is 5. The Kier molecular flexibility index (Phi) is 10.5. The van der Waals surface area contributed by atoms with Crippen LogP contribution < -0.4 is 25.3 Å². The molecule has 6 aliphatic rings. The van der Waals surface area contributed by atoms with Crippen molar-refractivity contribution in [2.24, 2.45) is 17.3 Å². The summed E-state index contributed by atoms with van der Waals surface area (Å²) >= 11 is 0. The third-order valence-corrected chi connectivity index (χ3v) is 13.6. The Labute approximate surface area is 350 Å². The van der Waals surface area contributed by atoms with Crippen molar-refractivity contribution in [3.05, 3.63) is 77.0 Å². The number of imide groups is 2. The van der Waals surface area contributed by atoms with Gasteiger partial charge in [-0.15, -0.1) is 0 Å². The lowest BCUT2D eigenvalue weighted by molar-refractivity contribution is -0.138. The zero-order valence-corrected chi connectivity index (χ0v) is 33.5. The molecule has 14 nitrogen and oxygen atoms in total. The molecule has 5 fully saturated rings. The molecule has 2 atom stereocenters. The molecule has 1 spiro atoms. The van der Waals surface area contributed by atoms with Crippen LogP contribution in [0, 0.1) is 28.6 Å². The van der Waals surface area contributed by atoms with Crippen LogP contribution in [0.5, 0.6) is 0 Å². The van der Waals surface area contributed by atoms with Crippen LogP contribution in [-0.4, -0.2) is 109 Å². The summed E-state index contributed by atoms with van der Waals surface area (Å²) in [6.07, 6.45) is 1.58. The largest absolute Gasteiger partial charge is 0.417 e. The third-order valence-electron chi connectivity index (χ3n) is 13.6. The average molecular weight is 838 g/mol. The molecule has 0 radical (unpaired) electrons. The van der Waals surface area contributed by atoms with Crippen molar-refractivity contribution in [2.45, 2.75) is 57.2 Å². The molecule has 0 bridgehead atoms. The number of rotatable bonds is 8. The first-order chi connectivity index (χ1) is 29.3. The minimum atomic E-state index is -4.63. The Bertz CT molecular complexity index is 2310. The second-order valence-electron chi connectivity index (χ2n) is 17.4. The van der Waals surface area contributed by atoms with Gasteiger partial charge in [0.1, 0.15) is 11.9 Å². The molecule has 17 heteroatoms. The smallest absolute Gasteiger partial charge is 0.371 e. The minimum Gasteiger partial charge on any atom is -0.371 e. The van der Waals surface area contributed by atoms with Gasteiger partial charge in [-0.1, -0.05) is 0 Å². The Balaban J connectivity index is 0.705. The molecule has 7 heterocycles. The second-order valence-corrected chi connectivity index (χ2v) is 17.4. The van der Waals surface area contributed by atoms with E-state index in [1.807, 2.05) is 23.1 Å². The highest BCUT2D eigenvalue weighted by molar-refractivity contribution is 6.23. The third kappa shape index (κ3) is 7.89. The maximum Gasteiger partial charge on any atom is 0.417 e. The quantitative estimate of drug-likeness (QED) is 0.304. The number of fused-ring (bicyclic) bond motifs is 1. The maximum absolute atomic E-state index is 13.5. The summed E-state index contributed by atoms with van der Waals surface area (Å²) in [5, 5.41) is 14.3. The number of piperidine rings is 3. The van der Waals surface area contributed by atoms with Crippen molar-refractivity contribution >= 4 is 52.4 Å². The van der Waals surface area contributed by atoms with E-state index in [2.05, 4.69) is 30.3 Å². The van der Waals surface area contributed by atoms with Gasteiger partial charge in [0, 0.05) is 74.9 Å². The maximum atomic E-state index is 13.5. The molecule has 61 heavy (non-hydrogen) atoms. The summed E-state index contributed by atoms with van der Waals surface area (Å²) in [5.74, 6) is -1.53. The second kappa shape index (κ2) is 15.8. The van der Waals surface area contributed by atoms with E-state index < -0.39 is 47.0 Å². The van der Waals surface area contributed by atoms with E-state index in [0.717, 1.165) is 87.4 Å². The highest BCUT2D eigenvalue weighted by Crippen LogP contribution is 2.43. The summed E-state index contributed by atoms with van der Waals surface area (Å²) in [6.45, 7) is 7.50. The van der Waals surface area contributed by atoms with E-state index in [9.17, 15) is 37.1 Å². The Hall–Kier alpha value is -6.02. The fraction of sp³-hybridized carbons (Fsp3) is 0.477. The number of aromatic nitrogens is 1. The lowest BCUT2D eigenvalue weighted by Crippen LogP contribution is -2.60. The molecule has 1 aromatic heterocycles. The number of amides is 5. The summed E-state index contributed by atoms with van der Waals surface area (Å²) < 4.78 is 40.4. The number of nitrogens with zero attached hydrogens (tertiary/aromatic N) is 7. The monoisotopic (exact) mass is 837 g/mol. The fourth-order valence-electron chi connectivity index (χ4n) is 10.0. The average Bonchev–Trinajstić information content (AvgIpc) is 3.81. The summed E-state index contributed by atoms with van der Waals surface area (Å²) in [5.41, 5.74) is 1.77. The van der Waals surface area contributed by atoms with E-state index in [1.165, 1.54) is 12.1 Å². The van der Waals surface area contributed by atoms with Crippen molar-refractivity contribution < 1.29 is 37.1 Å². The molecule has 6 aliphatic heterocycles. The van der Waals surface area contributed by atoms with Gasteiger partial charge in [0.15, 0.2) is 0 Å². The van der Waals surface area contributed by atoms with Crippen LogP contribution in [0.15, 0.2) is 54.7 Å². The molecule has 2 N–H and O–H groups in total. The van der Waals surface area contributed by atoms with Gasteiger partial charge in [-0.05, 0) is 106 Å². The first-order valence-electron chi connectivity index (χ1n) is 21.0. The molecular formula is C44H46F3N9O5. The number of carbonyl (C=O) groups excluding carboxylic acids is 5. The van der Waals surface area contributed by atoms with Crippen LogP contribution in [0.3, 0.4) is 0 Å². The molecule has 2 aromatic carbocycles. The molecule has 0 aliphatic carbocycles. The zero-order valence-electron chi connectivity index (χ0n) is 33.5. The summed E-state index contributed by atoms with van der Waals surface area (Å²) in [7, 11) is 0. The number of hydrogen-bond donors (Lipinski definition) is 2. The van der Waals surface area contributed by atoms with Crippen molar-refractivity contribution in [3.63, 3.8) is 0 Å². The van der Waals surface area contributed by atoms with Gasteiger partial charge >= 0.3 is 6.18 Å².